The van der Waals surface area contributed by atoms with Gasteiger partial charge in [-0.05, 0) is 34.4 Å². The minimum Gasteiger partial charge on any atom is -0.452 e. The summed E-state index contributed by atoms with van der Waals surface area (Å²) in [5, 5.41) is 12.8. The molecule has 1 N–H and O–H groups in total. The fraction of sp³-hybridized carbons (Fsp3) is 0.162. The fourth-order valence-corrected chi connectivity index (χ4v) is 5.80. The van der Waals surface area contributed by atoms with E-state index in [9.17, 15) is 9.90 Å². The second-order valence-electron chi connectivity index (χ2n) is 9.98. The van der Waals surface area contributed by atoms with Gasteiger partial charge in [-0.25, -0.2) is 4.79 Å². The van der Waals surface area contributed by atoms with Gasteiger partial charge in [0.15, 0.2) is 11.7 Å². The molecule has 0 fully saturated rings. The first-order valence-electron chi connectivity index (χ1n) is 13.8. The molecule has 0 aliphatic rings. The Morgan fingerprint density at radius 2 is 0.833 bits per heavy atom. The van der Waals surface area contributed by atoms with Crippen LogP contribution in [0.1, 0.15) is 32.6 Å². The van der Waals surface area contributed by atoms with Crippen LogP contribution < -0.4 is 0 Å². The summed E-state index contributed by atoms with van der Waals surface area (Å²) in [6.07, 6.45) is -2.75. The van der Waals surface area contributed by atoms with Crippen molar-refractivity contribution in [1.29, 1.82) is 0 Å². The van der Waals surface area contributed by atoms with Crippen molar-refractivity contribution in [2.75, 3.05) is 14.2 Å². The summed E-state index contributed by atoms with van der Waals surface area (Å²) in [4.78, 5) is 13.8. The fourth-order valence-electron chi connectivity index (χ4n) is 5.80. The highest BCUT2D eigenvalue weighted by molar-refractivity contribution is 5.89. The number of carbonyl (C=O) groups is 1. The Morgan fingerprint density at radius 1 is 0.524 bits per heavy atom. The Morgan fingerprint density at radius 3 is 1.17 bits per heavy atom. The zero-order valence-corrected chi connectivity index (χ0v) is 23.7. The third kappa shape index (κ3) is 5.26. The quantitative estimate of drug-likeness (QED) is 0.182. The number of hydrogen-bond donors (Lipinski definition) is 1. The molecular formula is C37H34O5. The van der Waals surface area contributed by atoms with E-state index in [2.05, 4.69) is 0 Å². The van der Waals surface area contributed by atoms with Crippen molar-refractivity contribution >= 4 is 5.97 Å². The SMILES string of the molecule is COC(c1ccccc1)(c1ccccc1)[C@H](O)[C@@H](OC(=O)c1ccccc1)C(OC)(c1ccccc1)c1ccccc1. The van der Waals surface area contributed by atoms with Gasteiger partial charge in [-0.2, -0.15) is 0 Å². The first-order chi connectivity index (χ1) is 20.6. The largest absolute Gasteiger partial charge is 0.452 e. The molecule has 0 aliphatic heterocycles. The highest BCUT2D eigenvalue weighted by Gasteiger charge is 2.57. The maximum Gasteiger partial charge on any atom is 0.338 e. The van der Waals surface area contributed by atoms with E-state index in [1.54, 1.807) is 38.5 Å². The molecule has 5 heteroatoms. The van der Waals surface area contributed by atoms with E-state index in [4.69, 9.17) is 14.2 Å². The number of hydrogen-bond acceptors (Lipinski definition) is 5. The molecule has 0 spiro atoms. The van der Waals surface area contributed by atoms with E-state index < -0.39 is 29.4 Å². The summed E-state index contributed by atoms with van der Waals surface area (Å²) in [6, 6.07) is 46.7. The van der Waals surface area contributed by atoms with Crippen LogP contribution in [0.5, 0.6) is 0 Å². The van der Waals surface area contributed by atoms with E-state index in [0.717, 1.165) is 0 Å². The lowest BCUT2D eigenvalue weighted by atomic mass is 9.71. The Bertz CT molecular complexity index is 1460. The Hall–Kier alpha value is -4.55. The lowest BCUT2D eigenvalue weighted by Gasteiger charge is -2.47. The van der Waals surface area contributed by atoms with E-state index in [1.807, 2.05) is 127 Å². The summed E-state index contributed by atoms with van der Waals surface area (Å²) in [5.74, 6) is -0.598. The van der Waals surface area contributed by atoms with Crippen LogP contribution in [-0.2, 0) is 25.4 Å². The number of carbonyl (C=O) groups excluding carboxylic acids is 1. The van der Waals surface area contributed by atoms with Crippen molar-refractivity contribution in [3.8, 4) is 0 Å². The monoisotopic (exact) mass is 558 g/mol. The number of aliphatic hydroxyl groups excluding tert-OH is 1. The minimum absolute atomic E-state index is 0.350. The smallest absolute Gasteiger partial charge is 0.338 e. The third-order valence-electron chi connectivity index (χ3n) is 7.80. The number of aliphatic hydroxyl groups is 1. The molecule has 0 radical (unpaired) electrons. The predicted molar refractivity (Wildman–Crippen MR) is 163 cm³/mol. The molecule has 5 nitrogen and oxygen atoms in total. The molecule has 0 bridgehead atoms. The third-order valence-corrected chi connectivity index (χ3v) is 7.80. The molecule has 0 aliphatic carbocycles. The van der Waals surface area contributed by atoms with Crippen LogP contribution in [0, 0.1) is 0 Å². The van der Waals surface area contributed by atoms with Crippen LogP contribution in [0.25, 0.3) is 0 Å². The maximum absolute atomic E-state index is 13.8. The molecule has 5 rings (SSSR count). The standard InChI is InChI=1S/C37H34O5/c1-40-36(29-20-10-4-11-21-29,30-22-12-5-13-23-30)33(38)34(42-35(39)28-18-8-3-9-19-28)37(41-2,31-24-14-6-15-25-31)32-26-16-7-17-27-32/h3-27,33-34,38H,1-2H3/t33-,34-/m1/s1. The van der Waals surface area contributed by atoms with Crippen molar-refractivity contribution in [2.24, 2.45) is 0 Å². The predicted octanol–water partition coefficient (Wildman–Crippen LogP) is 6.75. The van der Waals surface area contributed by atoms with Crippen molar-refractivity contribution < 1.29 is 24.1 Å². The van der Waals surface area contributed by atoms with Gasteiger partial charge in [-0.3, -0.25) is 0 Å². The van der Waals surface area contributed by atoms with Crippen molar-refractivity contribution in [1.82, 2.24) is 0 Å². The van der Waals surface area contributed by atoms with Crippen molar-refractivity contribution in [3.05, 3.63) is 179 Å². The van der Waals surface area contributed by atoms with E-state index in [-0.39, 0.29) is 0 Å². The van der Waals surface area contributed by atoms with Crippen LogP contribution in [0.2, 0.25) is 0 Å². The molecule has 0 aromatic heterocycles. The second kappa shape index (κ2) is 13.0. The van der Waals surface area contributed by atoms with Crippen LogP contribution in [0.15, 0.2) is 152 Å². The van der Waals surface area contributed by atoms with Gasteiger partial charge in [0.1, 0.15) is 11.7 Å². The lowest BCUT2D eigenvalue weighted by Crippen LogP contribution is -2.59. The van der Waals surface area contributed by atoms with E-state index >= 15 is 0 Å². The van der Waals surface area contributed by atoms with Gasteiger partial charge in [0, 0.05) is 14.2 Å². The lowest BCUT2D eigenvalue weighted by molar-refractivity contribution is -0.186. The van der Waals surface area contributed by atoms with Crippen LogP contribution in [0.4, 0.5) is 0 Å². The maximum atomic E-state index is 13.8. The molecule has 0 unspecified atom stereocenters. The van der Waals surface area contributed by atoms with Gasteiger partial charge < -0.3 is 19.3 Å². The second-order valence-corrected chi connectivity index (χ2v) is 9.98. The zero-order chi connectivity index (χ0) is 29.4. The Balaban J connectivity index is 1.81. The number of esters is 1. The van der Waals surface area contributed by atoms with E-state index in [0.29, 0.717) is 27.8 Å². The molecule has 0 saturated carbocycles. The van der Waals surface area contributed by atoms with E-state index in [1.165, 1.54) is 0 Å². The molecular weight excluding hydrogens is 524 g/mol. The summed E-state index contributed by atoms with van der Waals surface area (Å²) >= 11 is 0. The van der Waals surface area contributed by atoms with Crippen LogP contribution >= 0.6 is 0 Å². The zero-order valence-electron chi connectivity index (χ0n) is 23.7. The molecule has 5 aromatic carbocycles. The highest BCUT2D eigenvalue weighted by Crippen LogP contribution is 2.46. The van der Waals surface area contributed by atoms with Gasteiger partial charge in [0.25, 0.3) is 0 Å². The van der Waals surface area contributed by atoms with Gasteiger partial charge in [-0.1, -0.05) is 140 Å². The minimum atomic E-state index is -1.46. The van der Waals surface area contributed by atoms with Crippen LogP contribution in [0.3, 0.4) is 0 Å². The van der Waals surface area contributed by atoms with Crippen LogP contribution in [-0.4, -0.2) is 37.5 Å². The Labute approximate surface area is 247 Å². The molecule has 0 saturated heterocycles. The molecule has 42 heavy (non-hydrogen) atoms. The summed E-state index contributed by atoms with van der Waals surface area (Å²) in [6.45, 7) is 0. The van der Waals surface area contributed by atoms with Gasteiger partial charge >= 0.3 is 5.97 Å². The van der Waals surface area contributed by atoms with Gasteiger partial charge in [0.05, 0.1) is 5.56 Å². The normalized spacial score (nSPS) is 13.2. The first-order valence-corrected chi connectivity index (χ1v) is 13.8. The summed E-state index contributed by atoms with van der Waals surface area (Å²) in [5.41, 5.74) is 0.265. The Kier molecular flexibility index (Phi) is 8.94. The molecule has 5 aromatic rings. The summed E-state index contributed by atoms with van der Waals surface area (Å²) in [7, 11) is 3.12. The number of methoxy groups -OCH3 is 2. The average Bonchev–Trinajstić information content (AvgIpc) is 3.07. The first kappa shape index (κ1) is 29.0. The number of ether oxygens (including phenoxy) is 3. The average molecular weight is 559 g/mol. The topological polar surface area (TPSA) is 65.0 Å². The van der Waals surface area contributed by atoms with Crippen molar-refractivity contribution in [2.45, 2.75) is 23.4 Å². The number of benzene rings is 5. The molecule has 2 atom stereocenters. The van der Waals surface area contributed by atoms with Gasteiger partial charge in [0.2, 0.25) is 0 Å². The number of rotatable bonds is 11. The molecule has 0 amide bonds. The molecule has 212 valence electrons. The molecule has 0 heterocycles. The highest BCUT2D eigenvalue weighted by atomic mass is 16.6. The van der Waals surface area contributed by atoms with Gasteiger partial charge in [-0.15, -0.1) is 0 Å². The summed E-state index contributed by atoms with van der Waals surface area (Å²) < 4.78 is 19.2. The van der Waals surface area contributed by atoms with Crippen molar-refractivity contribution in [3.63, 3.8) is 0 Å².